The largest absolute Gasteiger partial charge is 0.493 e. The maximum atomic E-state index is 8.83. The van der Waals surface area contributed by atoms with E-state index in [-0.39, 0.29) is 0 Å². The molecule has 1 heterocycles. The molecule has 0 amide bonds. The monoisotopic (exact) mass is 407 g/mol. The van der Waals surface area contributed by atoms with Gasteiger partial charge in [0.2, 0.25) is 0 Å². The van der Waals surface area contributed by atoms with E-state index in [0.29, 0.717) is 12.2 Å². The SMILES string of the molecule is CCN(CC)c1ccc(-c2nnc(SCCOc3ccc(C#N)cc3)n2C)cc1. The van der Waals surface area contributed by atoms with Crippen LogP contribution in [0.2, 0.25) is 0 Å². The van der Waals surface area contributed by atoms with Crippen molar-refractivity contribution in [2.45, 2.75) is 19.0 Å². The molecule has 150 valence electrons. The van der Waals surface area contributed by atoms with E-state index in [1.807, 2.05) is 23.7 Å². The summed E-state index contributed by atoms with van der Waals surface area (Å²) >= 11 is 1.61. The average molecular weight is 408 g/mol. The minimum Gasteiger partial charge on any atom is -0.493 e. The predicted molar refractivity (Wildman–Crippen MR) is 117 cm³/mol. The number of hydrogen-bond donors (Lipinski definition) is 0. The zero-order valence-corrected chi connectivity index (χ0v) is 17.8. The molecule has 6 nitrogen and oxygen atoms in total. The Balaban J connectivity index is 1.57. The summed E-state index contributed by atoms with van der Waals surface area (Å²) in [7, 11) is 1.98. The Kier molecular flexibility index (Phi) is 7.14. The van der Waals surface area contributed by atoms with E-state index >= 15 is 0 Å². The summed E-state index contributed by atoms with van der Waals surface area (Å²) in [6, 6.07) is 17.7. The van der Waals surface area contributed by atoms with E-state index in [9.17, 15) is 0 Å². The first-order valence-corrected chi connectivity index (χ1v) is 10.6. The summed E-state index contributed by atoms with van der Waals surface area (Å²) in [6.07, 6.45) is 0. The third-order valence-electron chi connectivity index (χ3n) is 4.66. The number of aromatic nitrogens is 3. The highest BCUT2D eigenvalue weighted by Crippen LogP contribution is 2.25. The smallest absolute Gasteiger partial charge is 0.191 e. The van der Waals surface area contributed by atoms with E-state index < -0.39 is 0 Å². The normalized spacial score (nSPS) is 10.6. The van der Waals surface area contributed by atoms with Crippen molar-refractivity contribution in [2.24, 2.45) is 7.05 Å². The average Bonchev–Trinajstić information content (AvgIpc) is 3.13. The Labute approximate surface area is 176 Å². The van der Waals surface area contributed by atoms with Gasteiger partial charge in [-0.2, -0.15) is 5.26 Å². The van der Waals surface area contributed by atoms with E-state index in [4.69, 9.17) is 10.00 Å². The van der Waals surface area contributed by atoms with Crippen molar-refractivity contribution < 1.29 is 4.74 Å². The Morgan fingerprint density at radius 2 is 1.72 bits per heavy atom. The fraction of sp³-hybridized carbons (Fsp3) is 0.318. The molecule has 0 saturated heterocycles. The lowest BCUT2D eigenvalue weighted by Crippen LogP contribution is -2.21. The number of nitrogens with zero attached hydrogens (tertiary/aromatic N) is 5. The topological polar surface area (TPSA) is 67.0 Å². The van der Waals surface area contributed by atoms with Gasteiger partial charge in [0.15, 0.2) is 11.0 Å². The van der Waals surface area contributed by atoms with Gasteiger partial charge in [-0.1, -0.05) is 11.8 Å². The van der Waals surface area contributed by atoms with Gasteiger partial charge in [0.25, 0.3) is 0 Å². The summed E-state index contributed by atoms with van der Waals surface area (Å²) in [5.74, 6) is 2.37. The fourth-order valence-corrected chi connectivity index (χ4v) is 3.75. The van der Waals surface area contributed by atoms with Crippen LogP contribution in [-0.2, 0) is 7.05 Å². The maximum Gasteiger partial charge on any atom is 0.191 e. The highest BCUT2D eigenvalue weighted by atomic mass is 32.2. The van der Waals surface area contributed by atoms with Crippen molar-refractivity contribution in [3.63, 3.8) is 0 Å². The quantitative estimate of drug-likeness (QED) is 0.388. The molecule has 3 rings (SSSR count). The van der Waals surface area contributed by atoms with E-state index in [1.54, 1.807) is 23.9 Å². The Morgan fingerprint density at radius 1 is 1.03 bits per heavy atom. The van der Waals surface area contributed by atoms with E-state index in [1.165, 1.54) is 5.69 Å². The zero-order chi connectivity index (χ0) is 20.6. The number of hydrogen-bond acceptors (Lipinski definition) is 6. The molecular weight excluding hydrogens is 382 g/mol. The van der Waals surface area contributed by atoms with Crippen molar-refractivity contribution in [3.05, 3.63) is 54.1 Å². The molecule has 0 radical (unpaired) electrons. The van der Waals surface area contributed by atoms with Crippen LogP contribution in [0.3, 0.4) is 0 Å². The van der Waals surface area contributed by atoms with Gasteiger partial charge in [-0.25, -0.2) is 0 Å². The highest BCUT2D eigenvalue weighted by molar-refractivity contribution is 7.99. The standard InChI is InChI=1S/C22H25N5OS/c1-4-27(5-2)19-10-8-18(9-11-19)21-24-25-22(26(21)3)29-15-14-28-20-12-6-17(16-23)7-13-20/h6-13H,4-5,14-15H2,1-3H3. The lowest BCUT2D eigenvalue weighted by Gasteiger charge is -2.21. The summed E-state index contributed by atoms with van der Waals surface area (Å²) in [5, 5.41) is 18.4. The van der Waals surface area contributed by atoms with Gasteiger partial charge in [-0.15, -0.1) is 10.2 Å². The zero-order valence-electron chi connectivity index (χ0n) is 17.0. The molecule has 0 atom stereocenters. The molecule has 0 aliphatic carbocycles. The van der Waals surface area contributed by atoms with Crippen LogP contribution in [0.25, 0.3) is 11.4 Å². The van der Waals surface area contributed by atoms with Gasteiger partial charge in [-0.3, -0.25) is 0 Å². The lowest BCUT2D eigenvalue weighted by molar-refractivity contribution is 0.344. The first kappa shape index (κ1) is 20.7. The summed E-state index contributed by atoms with van der Waals surface area (Å²) in [5.41, 5.74) is 2.90. The fourth-order valence-electron chi connectivity index (χ4n) is 3.02. The van der Waals surface area contributed by atoms with Gasteiger partial charge in [0.05, 0.1) is 18.2 Å². The predicted octanol–water partition coefficient (Wildman–Crippen LogP) is 4.37. The maximum absolute atomic E-state index is 8.83. The molecule has 0 fully saturated rings. The van der Waals surface area contributed by atoms with Gasteiger partial charge in [0, 0.05) is 37.1 Å². The number of rotatable bonds is 9. The van der Waals surface area contributed by atoms with Gasteiger partial charge in [0.1, 0.15) is 5.75 Å². The van der Waals surface area contributed by atoms with E-state index in [0.717, 1.165) is 41.1 Å². The molecule has 2 aromatic carbocycles. The molecule has 0 N–H and O–H groups in total. The molecule has 0 aliphatic rings. The molecule has 0 aliphatic heterocycles. The van der Waals surface area contributed by atoms with Gasteiger partial charge in [-0.05, 0) is 62.4 Å². The number of benzene rings is 2. The third kappa shape index (κ3) is 5.09. The van der Waals surface area contributed by atoms with Crippen LogP contribution in [0.4, 0.5) is 5.69 Å². The van der Waals surface area contributed by atoms with Crippen molar-refractivity contribution >= 4 is 17.4 Å². The van der Waals surface area contributed by atoms with Gasteiger partial charge < -0.3 is 14.2 Å². The van der Waals surface area contributed by atoms with Crippen molar-refractivity contribution in [1.29, 1.82) is 5.26 Å². The number of nitriles is 1. The Hall–Kier alpha value is -2.98. The van der Waals surface area contributed by atoms with E-state index in [2.05, 4.69) is 59.3 Å². The molecule has 0 saturated carbocycles. The molecule has 7 heteroatoms. The molecular formula is C22H25N5OS. The first-order chi connectivity index (χ1) is 14.2. The van der Waals surface area contributed by atoms with Crippen LogP contribution in [0, 0.1) is 11.3 Å². The second-order valence-electron chi connectivity index (χ2n) is 6.42. The summed E-state index contributed by atoms with van der Waals surface area (Å²) in [6.45, 7) is 6.86. The highest BCUT2D eigenvalue weighted by Gasteiger charge is 2.12. The van der Waals surface area contributed by atoms with Crippen LogP contribution in [0.15, 0.2) is 53.7 Å². The van der Waals surface area contributed by atoms with Crippen LogP contribution in [0.5, 0.6) is 5.75 Å². The number of anilines is 1. The van der Waals surface area contributed by atoms with Crippen molar-refractivity contribution in [2.75, 3.05) is 30.3 Å². The third-order valence-corrected chi connectivity index (χ3v) is 5.64. The van der Waals surface area contributed by atoms with Crippen molar-refractivity contribution in [1.82, 2.24) is 14.8 Å². The summed E-state index contributed by atoms with van der Waals surface area (Å²) in [4.78, 5) is 2.32. The molecule has 1 aromatic heterocycles. The Morgan fingerprint density at radius 3 is 2.34 bits per heavy atom. The van der Waals surface area contributed by atoms with Gasteiger partial charge >= 0.3 is 0 Å². The number of thioether (sulfide) groups is 1. The van der Waals surface area contributed by atoms with Crippen LogP contribution in [0.1, 0.15) is 19.4 Å². The summed E-state index contributed by atoms with van der Waals surface area (Å²) < 4.78 is 7.74. The number of ether oxygens (including phenoxy) is 1. The molecule has 0 spiro atoms. The molecule has 0 bridgehead atoms. The molecule has 29 heavy (non-hydrogen) atoms. The molecule has 0 unspecified atom stereocenters. The minimum absolute atomic E-state index is 0.553. The molecule has 3 aromatic rings. The van der Waals surface area contributed by atoms with Crippen LogP contribution in [-0.4, -0.2) is 40.2 Å². The van der Waals surface area contributed by atoms with Crippen LogP contribution < -0.4 is 9.64 Å². The second kappa shape index (κ2) is 9.99. The first-order valence-electron chi connectivity index (χ1n) is 9.66. The second-order valence-corrected chi connectivity index (χ2v) is 7.48. The van der Waals surface area contributed by atoms with Crippen molar-refractivity contribution in [3.8, 4) is 23.2 Å². The van der Waals surface area contributed by atoms with Crippen LogP contribution >= 0.6 is 11.8 Å². The Bertz CT molecular complexity index is 956. The lowest BCUT2D eigenvalue weighted by atomic mass is 10.2. The minimum atomic E-state index is 0.553.